The van der Waals surface area contributed by atoms with Crippen LogP contribution in [0.2, 0.25) is 0 Å². The molecule has 0 amide bonds. The van der Waals surface area contributed by atoms with E-state index in [-0.39, 0.29) is 10.4 Å². The first-order valence-electron chi connectivity index (χ1n) is 4.45. The Hall–Kier alpha value is -1.05. The summed E-state index contributed by atoms with van der Waals surface area (Å²) in [6, 6.07) is 0. The summed E-state index contributed by atoms with van der Waals surface area (Å²) in [5, 5.41) is 0. The van der Waals surface area contributed by atoms with Gasteiger partial charge in [0.1, 0.15) is 0 Å². The maximum Gasteiger partial charge on any atom is 0.340 e. The van der Waals surface area contributed by atoms with Crippen LogP contribution in [0.3, 0.4) is 0 Å². The van der Waals surface area contributed by atoms with Gasteiger partial charge in [-0.2, -0.15) is 8.78 Å². The second-order valence-corrected chi connectivity index (χ2v) is 4.10. The molecular formula is C9H9BrF4N2O. The first kappa shape index (κ1) is 14.0. The Morgan fingerprint density at radius 3 is 2.65 bits per heavy atom. The van der Waals surface area contributed by atoms with E-state index in [0.29, 0.717) is 11.3 Å². The Bertz CT molecular complexity index is 414. The van der Waals surface area contributed by atoms with Crippen LogP contribution in [-0.4, -0.2) is 23.9 Å². The number of rotatable bonds is 4. The van der Waals surface area contributed by atoms with Gasteiger partial charge in [0.05, 0.1) is 16.4 Å². The monoisotopic (exact) mass is 316 g/mol. The minimum absolute atomic E-state index is 0.197. The van der Waals surface area contributed by atoms with Crippen LogP contribution in [-0.2, 0) is 0 Å². The number of nitrogens with two attached hydrogens (primary N) is 1. The molecule has 0 saturated heterocycles. The summed E-state index contributed by atoms with van der Waals surface area (Å²) < 4.78 is 53.8. The predicted molar refractivity (Wildman–Crippen MR) is 57.5 cm³/mol. The van der Waals surface area contributed by atoms with Gasteiger partial charge in [-0.3, -0.25) is 0 Å². The second kappa shape index (κ2) is 5.07. The van der Waals surface area contributed by atoms with E-state index in [1.807, 2.05) is 0 Å². The van der Waals surface area contributed by atoms with Gasteiger partial charge in [-0.25, -0.2) is 13.8 Å². The van der Waals surface area contributed by atoms with Gasteiger partial charge in [0.25, 0.3) is 0 Å². The molecule has 8 heteroatoms. The highest BCUT2D eigenvalue weighted by Crippen LogP contribution is 2.31. The molecule has 0 atom stereocenters. The predicted octanol–water partition coefficient (Wildman–Crippen LogP) is 3.01. The van der Waals surface area contributed by atoms with E-state index in [2.05, 4.69) is 25.7 Å². The summed E-state index contributed by atoms with van der Waals surface area (Å²) in [6.45, 7) is 0.166. The fourth-order valence-corrected chi connectivity index (χ4v) is 1.34. The molecule has 0 aliphatic rings. The van der Waals surface area contributed by atoms with E-state index in [0.717, 1.165) is 0 Å². The number of halogens is 5. The summed E-state index contributed by atoms with van der Waals surface area (Å²) in [7, 11) is 0. The molecule has 0 radical (unpaired) electrons. The van der Waals surface area contributed by atoms with Crippen molar-refractivity contribution in [3.05, 3.63) is 16.2 Å². The second-order valence-electron chi connectivity index (χ2n) is 3.31. The van der Waals surface area contributed by atoms with Gasteiger partial charge in [-0.1, -0.05) is 0 Å². The van der Waals surface area contributed by atoms with E-state index in [1.165, 1.54) is 6.20 Å². The van der Waals surface area contributed by atoms with E-state index >= 15 is 0 Å². The molecule has 0 aliphatic heterocycles. The van der Waals surface area contributed by atoms with Crippen LogP contribution in [0.4, 0.5) is 23.2 Å². The molecule has 1 aromatic rings. The van der Waals surface area contributed by atoms with Crippen LogP contribution in [0.1, 0.15) is 5.56 Å². The third kappa shape index (κ3) is 3.21. The fraction of sp³-hybridized carbons (Fsp3) is 0.444. The first-order valence-corrected chi connectivity index (χ1v) is 5.24. The van der Waals surface area contributed by atoms with Crippen molar-refractivity contribution < 1.29 is 22.3 Å². The number of ether oxygens (including phenoxy) is 1. The third-order valence-corrected chi connectivity index (χ3v) is 2.93. The largest absolute Gasteiger partial charge is 0.470 e. The molecule has 0 aliphatic carbocycles. The standard InChI is InChI=1S/C9H9BrF4N2O/c1-4-5(15)2-16-7(6(4)10)17-3-9(13,14)8(11)12/h2,8H,3,15H2,1H3. The average molecular weight is 317 g/mol. The van der Waals surface area contributed by atoms with Crippen molar-refractivity contribution >= 4 is 21.6 Å². The topological polar surface area (TPSA) is 48.1 Å². The highest BCUT2D eigenvalue weighted by atomic mass is 79.9. The molecule has 1 heterocycles. The Kier molecular flexibility index (Phi) is 4.18. The Labute approximate surface area is 103 Å². The number of pyridine rings is 1. The number of hydrogen-bond donors (Lipinski definition) is 1. The fourth-order valence-electron chi connectivity index (χ4n) is 0.897. The molecule has 3 nitrogen and oxygen atoms in total. The van der Waals surface area contributed by atoms with Gasteiger partial charge in [0.15, 0.2) is 6.61 Å². The molecule has 2 N–H and O–H groups in total. The average Bonchev–Trinajstić information content (AvgIpc) is 2.25. The summed E-state index contributed by atoms with van der Waals surface area (Å²) in [5.41, 5.74) is 6.38. The molecule has 0 aromatic carbocycles. The van der Waals surface area contributed by atoms with Gasteiger partial charge >= 0.3 is 12.3 Å². The number of anilines is 1. The van der Waals surface area contributed by atoms with Gasteiger partial charge in [-0.15, -0.1) is 0 Å². The highest BCUT2D eigenvalue weighted by molar-refractivity contribution is 9.10. The van der Waals surface area contributed by atoms with Gasteiger partial charge < -0.3 is 10.5 Å². The normalized spacial score (nSPS) is 11.9. The Morgan fingerprint density at radius 1 is 1.53 bits per heavy atom. The summed E-state index contributed by atoms with van der Waals surface area (Å²) in [6.07, 6.45) is -2.58. The van der Waals surface area contributed by atoms with E-state index in [1.54, 1.807) is 6.92 Å². The van der Waals surface area contributed by atoms with Crippen molar-refractivity contribution in [2.45, 2.75) is 19.3 Å². The number of aromatic nitrogens is 1. The third-order valence-electron chi connectivity index (χ3n) is 1.99. The lowest BCUT2D eigenvalue weighted by Gasteiger charge is -2.16. The van der Waals surface area contributed by atoms with Crippen molar-refractivity contribution in [2.75, 3.05) is 12.3 Å². The minimum atomic E-state index is -4.21. The highest BCUT2D eigenvalue weighted by Gasteiger charge is 2.42. The molecule has 96 valence electrons. The van der Waals surface area contributed by atoms with Gasteiger partial charge in [-0.05, 0) is 28.4 Å². The van der Waals surface area contributed by atoms with Crippen LogP contribution < -0.4 is 10.5 Å². The maximum atomic E-state index is 12.6. The smallest absolute Gasteiger partial charge is 0.340 e. The number of nitrogens with zero attached hydrogens (tertiary/aromatic N) is 1. The quantitative estimate of drug-likeness (QED) is 0.869. The van der Waals surface area contributed by atoms with Crippen molar-refractivity contribution in [1.29, 1.82) is 0 Å². The zero-order chi connectivity index (χ0) is 13.2. The Morgan fingerprint density at radius 2 is 2.12 bits per heavy atom. The van der Waals surface area contributed by atoms with Crippen molar-refractivity contribution in [3.63, 3.8) is 0 Å². The van der Waals surface area contributed by atoms with Crippen molar-refractivity contribution in [1.82, 2.24) is 4.98 Å². The van der Waals surface area contributed by atoms with Crippen molar-refractivity contribution in [2.24, 2.45) is 0 Å². The van der Waals surface area contributed by atoms with E-state index in [9.17, 15) is 17.6 Å². The van der Waals surface area contributed by atoms with E-state index in [4.69, 9.17) is 5.73 Å². The van der Waals surface area contributed by atoms with Gasteiger partial charge in [0.2, 0.25) is 5.88 Å². The van der Waals surface area contributed by atoms with Gasteiger partial charge in [0, 0.05) is 0 Å². The molecule has 0 bridgehead atoms. The van der Waals surface area contributed by atoms with Crippen molar-refractivity contribution in [3.8, 4) is 5.88 Å². The molecule has 1 aromatic heterocycles. The Balaban J connectivity index is 2.81. The summed E-state index contributed by atoms with van der Waals surface area (Å²) >= 11 is 3.04. The SMILES string of the molecule is Cc1c(N)cnc(OCC(F)(F)C(F)F)c1Br. The number of hydrogen-bond acceptors (Lipinski definition) is 3. The number of alkyl halides is 4. The van der Waals surface area contributed by atoms with Crippen LogP contribution in [0.15, 0.2) is 10.7 Å². The molecule has 0 spiro atoms. The zero-order valence-electron chi connectivity index (χ0n) is 8.68. The number of nitrogen functional groups attached to an aromatic ring is 1. The van der Waals surface area contributed by atoms with Crippen LogP contribution in [0.5, 0.6) is 5.88 Å². The molecule has 0 fully saturated rings. The lowest BCUT2D eigenvalue weighted by atomic mass is 10.2. The summed E-state index contributed by atoms with van der Waals surface area (Å²) in [5.74, 6) is -4.41. The molecule has 0 saturated carbocycles. The van der Waals surface area contributed by atoms with Crippen LogP contribution in [0.25, 0.3) is 0 Å². The first-order chi connectivity index (χ1) is 7.75. The lowest BCUT2D eigenvalue weighted by molar-refractivity contribution is -0.148. The zero-order valence-corrected chi connectivity index (χ0v) is 10.3. The molecule has 0 unspecified atom stereocenters. The minimum Gasteiger partial charge on any atom is -0.470 e. The van der Waals surface area contributed by atoms with Crippen LogP contribution >= 0.6 is 15.9 Å². The van der Waals surface area contributed by atoms with Crippen LogP contribution in [0, 0.1) is 6.92 Å². The summed E-state index contributed by atoms with van der Waals surface area (Å²) in [4.78, 5) is 3.63. The maximum absolute atomic E-state index is 12.6. The molecule has 17 heavy (non-hydrogen) atoms. The lowest BCUT2D eigenvalue weighted by Crippen LogP contribution is -2.34. The molecule has 1 rings (SSSR count). The molecular weight excluding hydrogens is 308 g/mol. The van der Waals surface area contributed by atoms with E-state index < -0.39 is 19.0 Å².